The van der Waals surface area contributed by atoms with Crippen molar-refractivity contribution in [2.24, 2.45) is 0 Å². The Kier molecular flexibility index (Phi) is 3.74. The van der Waals surface area contributed by atoms with Crippen LogP contribution in [0.3, 0.4) is 0 Å². The van der Waals surface area contributed by atoms with E-state index >= 15 is 0 Å². The van der Waals surface area contributed by atoms with Crippen molar-refractivity contribution >= 4 is 5.97 Å². The van der Waals surface area contributed by atoms with Gasteiger partial charge in [-0.3, -0.25) is 9.69 Å². The van der Waals surface area contributed by atoms with Crippen LogP contribution in [0.1, 0.15) is 18.4 Å². The number of carboxylic acid groups (broad SMARTS) is 1. The Balaban J connectivity index is 1.91. The molecule has 4 heteroatoms. The van der Waals surface area contributed by atoms with Crippen molar-refractivity contribution in [1.29, 1.82) is 0 Å². The van der Waals surface area contributed by atoms with Gasteiger partial charge in [-0.25, -0.2) is 4.39 Å². The van der Waals surface area contributed by atoms with Crippen LogP contribution < -0.4 is 0 Å². The summed E-state index contributed by atoms with van der Waals surface area (Å²) in [5.74, 6) is -1.02. The maximum absolute atomic E-state index is 13.4. The summed E-state index contributed by atoms with van der Waals surface area (Å²) in [5.41, 5.74) is 0.656. The minimum absolute atomic E-state index is 0.0547. The van der Waals surface area contributed by atoms with Crippen LogP contribution in [-0.2, 0) is 11.2 Å². The van der Waals surface area contributed by atoms with Crippen molar-refractivity contribution in [3.63, 3.8) is 0 Å². The smallest absolute Gasteiger partial charge is 0.317 e. The summed E-state index contributed by atoms with van der Waals surface area (Å²) in [5, 5.41) is 8.80. The molecule has 0 bridgehead atoms. The van der Waals surface area contributed by atoms with Gasteiger partial charge in [-0.15, -0.1) is 0 Å². The average Bonchev–Trinajstić information content (AvgIpc) is 3.09. The number of carbonyl (C=O) groups is 1. The third-order valence-corrected chi connectivity index (χ3v) is 3.03. The van der Waals surface area contributed by atoms with E-state index in [0.717, 1.165) is 12.8 Å². The predicted molar refractivity (Wildman–Crippen MR) is 62.3 cm³/mol. The Morgan fingerprint density at radius 2 is 2.12 bits per heavy atom. The molecule has 0 heterocycles. The summed E-state index contributed by atoms with van der Waals surface area (Å²) in [6.07, 6.45) is 2.69. The largest absolute Gasteiger partial charge is 0.480 e. The summed E-state index contributed by atoms with van der Waals surface area (Å²) in [6.45, 7) is 0.664. The zero-order valence-electron chi connectivity index (χ0n) is 9.60. The highest BCUT2D eigenvalue weighted by atomic mass is 19.1. The molecule has 1 N–H and O–H groups in total. The standard InChI is InChI=1S/C13H16FNO2/c14-12-4-2-1-3-10(12)7-8-15(9-13(16)17)11-5-6-11/h1-4,11H,5-9H2,(H,16,17). The van der Waals surface area contributed by atoms with Crippen molar-refractivity contribution < 1.29 is 14.3 Å². The predicted octanol–water partition coefficient (Wildman–Crippen LogP) is 1.92. The van der Waals surface area contributed by atoms with Gasteiger partial charge in [0.25, 0.3) is 0 Å². The van der Waals surface area contributed by atoms with E-state index in [1.807, 2.05) is 4.90 Å². The highest BCUT2D eigenvalue weighted by Crippen LogP contribution is 2.26. The monoisotopic (exact) mass is 237 g/mol. The molecule has 1 aromatic rings. The van der Waals surface area contributed by atoms with E-state index in [1.165, 1.54) is 6.07 Å². The molecule has 2 rings (SSSR count). The third-order valence-electron chi connectivity index (χ3n) is 3.03. The van der Waals surface area contributed by atoms with Crippen LogP contribution in [0.4, 0.5) is 4.39 Å². The molecule has 0 radical (unpaired) electrons. The van der Waals surface area contributed by atoms with E-state index in [4.69, 9.17) is 5.11 Å². The Morgan fingerprint density at radius 3 is 2.71 bits per heavy atom. The number of aliphatic carboxylic acids is 1. The summed E-state index contributed by atoms with van der Waals surface area (Å²) in [7, 11) is 0. The first kappa shape index (κ1) is 12.0. The molecule has 0 unspecified atom stereocenters. The molecule has 0 saturated heterocycles. The lowest BCUT2D eigenvalue weighted by Crippen LogP contribution is -2.33. The number of nitrogens with zero attached hydrogens (tertiary/aromatic N) is 1. The van der Waals surface area contributed by atoms with Crippen LogP contribution in [0.15, 0.2) is 24.3 Å². The minimum atomic E-state index is -0.814. The van der Waals surface area contributed by atoms with Crippen LogP contribution >= 0.6 is 0 Å². The Morgan fingerprint density at radius 1 is 1.41 bits per heavy atom. The SMILES string of the molecule is O=C(O)CN(CCc1ccccc1F)C1CC1. The van der Waals surface area contributed by atoms with Gasteiger partial charge in [-0.05, 0) is 30.9 Å². The lowest BCUT2D eigenvalue weighted by molar-refractivity contribution is -0.138. The molecule has 17 heavy (non-hydrogen) atoms. The number of hydrogen-bond donors (Lipinski definition) is 1. The van der Waals surface area contributed by atoms with Gasteiger partial charge in [0.05, 0.1) is 6.54 Å². The molecule has 1 saturated carbocycles. The Bertz CT molecular complexity index is 404. The zero-order valence-corrected chi connectivity index (χ0v) is 9.60. The van der Waals surface area contributed by atoms with Gasteiger partial charge >= 0.3 is 5.97 Å². The van der Waals surface area contributed by atoms with Gasteiger partial charge in [-0.2, -0.15) is 0 Å². The maximum Gasteiger partial charge on any atom is 0.317 e. The lowest BCUT2D eigenvalue weighted by atomic mass is 10.1. The second-order valence-corrected chi connectivity index (χ2v) is 4.44. The molecule has 0 aliphatic heterocycles. The second-order valence-electron chi connectivity index (χ2n) is 4.44. The highest BCUT2D eigenvalue weighted by molar-refractivity contribution is 5.69. The highest BCUT2D eigenvalue weighted by Gasteiger charge is 2.29. The van der Waals surface area contributed by atoms with Gasteiger partial charge in [0, 0.05) is 12.6 Å². The Hall–Kier alpha value is -1.42. The molecule has 1 aliphatic rings. The number of rotatable bonds is 6. The molecular weight excluding hydrogens is 221 g/mol. The van der Waals surface area contributed by atoms with Crippen LogP contribution in [0.2, 0.25) is 0 Å². The maximum atomic E-state index is 13.4. The summed E-state index contributed by atoms with van der Waals surface area (Å²) >= 11 is 0. The quantitative estimate of drug-likeness (QED) is 0.821. The van der Waals surface area contributed by atoms with E-state index in [9.17, 15) is 9.18 Å². The van der Waals surface area contributed by atoms with Gasteiger partial charge in [0.1, 0.15) is 5.82 Å². The lowest BCUT2D eigenvalue weighted by Gasteiger charge is -2.19. The van der Waals surface area contributed by atoms with Gasteiger partial charge in [0.2, 0.25) is 0 Å². The first-order valence-electron chi connectivity index (χ1n) is 5.86. The number of hydrogen-bond acceptors (Lipinski definition) is 2. The average molecular weight is 237 g/mol. The molecular formula is C13H16FNO2. The second kappa shape index (κ2) is 5.27. The summed E-state index contributed by atoms with van der Waals surface area (Å²) in [4.78, 5) is 12.6. The van der Waals surface area contributed by atoms with E-state index in [0.29, 0.717) is 24.6 Å². The number of halogens is 1. The molecule has 0 amide bonds. The minimum Gasteiger partial charge on any atom is -0.480 e. The van der Waals surface area contributed by atoms with Crippen molar-refractivity contribution in [3.8, 4) is 0 Å². The first-order valence-corrected chi connectivity index (χ1v) is 5.86. The van der Waals surface area contributed by atoms with Crippen LogP contribution in [0.25, 0.3) is 0 Å². The van der Waals surface area contributed by atoms with E-state index in [1.54, 1.807) is 18.2 Å². The molecule has 3 nitrogen and oxygen atoms in total. The fraction of sp³-hybridized carbons (Fsp3) is 0.462. The fourth-order valence-corrected chi connectivity index (χ4v) is 1.97. The molecule has 0 aromatic heterocycles. The molecule has 1 aromatic carbocycles. The summed E-state index contributed by atoms with van der Waals surface area (Å²) < 4.78 is 13.4. The van der Waals surface area contributed by atoms with Crippen molar-refractivity contribution in [2.45, 2.75) is 25.3 Å². The van der Waals surface area contributed by atoms with E-state index in [2.05, 4.69) is 0 Å². The summed E-state index contributed by atoms with van der Waals surface area (Å²) in [6, 6.07) is 7.04. The normalized spacial score (nSPS) is 15.2. The number of benzene rings is 1. The van der Waals surface area contributed by atoms with Gasteiger partial charge in [0.15, 0.2) is 0 Å². The molecule has 92 valence electrons. The zero-order chi connectivity index (χ0) is 12.3. The molecule has 0 atom stereocenters. The van der Waals surface area contributed by atoms with Crippen LogP contribution in [-0.4, -0.2) is 35.1 Å². The third kappa shape index (κ3) is 3.53. The molecule has 0 spiro atoms. The first-order chi connectivity index (χ1) is 8.16. The number of carboxylic acids is 1. The van der Waals surface area contributed by atoms with Crippen molar-refractivity contribution in [2.75, 3.05) is 13.1 Å². The van der Waals surface area contributed by atoms with E-state index in [-0.39, 0.29) is 12.4 Å². The van der Waals surface area contributed by atoms with Gasteiger partial charge in [-0.1, -0.05) is 18.2 Å². The van der Waals surface area contributed by atoms with Crippen molar-refractivity contribution in [3.05, 3.63) is 35.6 Å². The van der Waals surface area contributed by atoms with Crippen LogP contribution in [0.5, 0.6) is 0 Å². The molecule has 1 aliphatic carbocycles. The van der Waals surface area contributed by atoms with Gasteiger partial charge < -0.3 is 5.11 Å². The topological polar surface area (TPSA) is 40.5 Å². The van der Waals surface area contributed by atoms with Crippen molar-refractivity contribution in [1.82, 2.24) is 4.90 Å². The Labute approximate surface area is 99.9 Å². The fourth-order valence-electron chi connectivity index (χ4n) is 1.97. The van der Waals surface area contributed by atoms with E-state index < -0.39 is 5.97 Å². The van der Waals surface area contributed by atoms with Crippen LogP contribution in [0, 0.1) is 5.82 Å². The molecule has 1 fully saturated rings.